The maximum Gasteiger partial charge on any atom is 0.195 e. The average Bonchev–Trinajstić information content (AvgIpc) is 2.65. The quantitative estimate of drug-likeness (QED) is 0.389. The van der Waals surface area contributed by atoms with Gasteiger partial charge < -0.3 is 9.47 Å². The minimum Gasteiger partial charge on any atom is -0.494 e. The van der Waals surface area contributed by atoms with E-state index in [9.17, 15) is 10.4 Å². The maximum atomic E-state index is 9.37. The predicted molar refractivity (Wildman–Crippen MR) is 90.0 cm³/mol. The standard InChI is InChI=1S/C16H18N4O4/c1-23-13-9-5-3-7-11(13)17-15(19-21)16(20-22)18-12-8-4-6-10-14(12)24-2/h3-10,21-22H,1-2H3,(H,17,19)(H,18,20). The van der Waals surface area contributed by atoms with Gasteiger partial charge in [0.25, 0.3) is 0 Å². The lowest BCUT2D eigenvalue weighted by atomic mass is 10.3. The first-order valence-electron chi connectivity index (χ1n) is 6.97. The van der Waals surface area contributed by atoms with E-state index < -0.39 is 0 Å². The topological polar surface area (TPSA) is 108 Å². The fourth-order valence-corrected chi connectivity index (χ4v) is 1.95. The number of methoxy groups -OCH3 is 2. The van der Waals surface area contributed by atoms with Crippen molar-refractivity contribution in [3.05, 3.63) is 48.5 Å². The second kappa shape index (κ2) is 8.51. The highest BCUT2D eigenvalue weighted by atomic mass is 16.5. The van der Waals surface area contributed by atoms with Crippen molar-refractivity contribution in [2.45, 2.75) is 0 Å². The van der Waals surface area contributed by atoms with Gasteiger partial charge in [0, 0.05) is 0 Å². The van der Waals surface area contributed by atoms with Crippen LogP contribution in [0, 0.1) is 0 Å². The van der Waals surface area contributed by atoms with Crippen LogP contribution < -0.4 is 20.4 Å². The molecule has 0 amide bonds. The fourth-order valence-electron chi connectivity index (χ4n) is 1.95. The van der Waals surface area contributed by atoms with Crippen LogP contribution in [0.3, 0.4) is 0 Å². The zero-order chi connectivity index (χ0) is 17.4. The minimum atomic E-state index is -0.104. The number of nitrogens with one attached hydrogen (secondary N) is 2. The molecule has 0 spiro atoms. The Morgan fingerprint density at radius 1 is 0.750 bits per heavy atom. The molecule has 0 aliphatic carbocycles. The van der Waals surface area contributed by atoms with Crippen molar-refractivity contribution in [3.8, 4) is 11.5 Å². The molecular formula is C16H18N4O4. The Hall–Kier alpha value is -3.10. The van der Waals surface area contributed by atoms with Gasteiger partial charge in [-0.25, -0.2) is 20.9 Å². The minimum absolute atomic E-state index is 0.104. The summed E-state index contributed by atoms with van der Waals surface area (Å²) in [7, 11) is 3.02. The van der Waals surface area contributed by atoms with E-state index in [1.165, 1.54) is 14.2 Å². The molecule has 0 radical (unpaired) electrons. The van der Waals surface area contributed by atoms with Gasteiger partial charge in [-0.05, 0) is 24.3 Å². The van der Waals surface area contributed by atoms with Crippen molar-refractivity contribution in [1.82, 2.24) is 11.0 Å². The summed E-state index contributed by atoms with van der Waals surface area (Å²) < 4.78 is 10.4. The summed E-state index contributed by atoms with van der Waals surface area (Å²) in [5.41, 5.74) is 4.71. The lowest BCUT2D eigenvalue weighted by Gasteiger charge is -2.10. The summed E-state index contributed by atoms with van der Waals surface area (Å²) in [5, 5.41) is 18.7. The molecule has 8 heteroatoms. The maximum absolute atomic E-state index is 9.37. The number of hydroxylamine groups is 2. The SMILES string of the molecule is COc1ccccc1N=C(NO)C(=Nc1ccccc1OC)NO. The van der Waals surface area contributed by atoms with E-state index in [1.807, 2.05) is 11.0 Å². The van der Waals surface area contributed by atoms with E-state index >= 15 is 0 Å². The van der Waals surface area contributed by atoms with Crippen LogP contribution in [0.2, 0.25) is 0 Å². The molecule has 2 aromatic carbocycles. The molecule has 126 valence electrons. The summed E-state index contributed by atoms with van der Waals surface area (Å²) in [6, 6.07) is 13.9. The fraction of sp³-hybridized carbons (Fsp3) is 0.125. The highest BCUT2D eigenvalue weighted by Gasteiger charge is 2.11. The number of para-hydroxylation sites is 4. The summed E-state index contributed by atoms with van der Waals surface area (Å²) in [6.45, 7) is 0. The number of amidine groups is 2. The molecule has 4 N–H and O–H groups in total. The smallest absolute Gasteiger partial charge is 0.195 e. The van der Waals surface area contributed by atoms with Gasteiger partial charge in [0.1, 0.15) is 22.9 Å². The molecule has 0 aliphatic heterocycles. The third-order valence-corrected chi connectivity index (χ3v) is 3.07. The zero-order valence-corrected chi connectivity index (χ0v) is 13.2. The van der Waals surface area contributed by atoms with Crippen LogP contribution in [-0.2, 0) is 0 Å². The molecule has 0 unspecified atom stereocenters. The van der Waals surface area contributed by atoms with Gasteiger partial charge in [-0.1, -0.05) is 24.3 Å². The molecule has 0 saturated carbocycles. The number of hydrogen-bond donors (Lipinski definition) is 4. The Morgan fingerprint density at radius 3 is 1.46 bits per heavy atom. The molecule has 0 aliphatic rings. The summed E-state index contributed by atoms with van der Waals surface area (Å²) in [6.07, 6.45) is 0. The van der Waals surface area contributed by atoms with Crippen molar-refractivity contribution in [2.75, 3.05) is 14.2 Å². The van der Waals surface area contributed by atoms with Crippen molar-refractivity contribution in [3.63, 3.8) is 0 Å². The number of aliphatic imine (C=N–C) groups is 2. The molecule has 0 heterocycles. The van der Waals surface area contributed by atoms with Crippen LogP contribution in [0.15, 0.2) is 58.5 Å². The van der Waals surface area contributed by atoms with Gasteiger partial charge in [0.2, 0.25) is 0 Å². The van der Waals surface area contributed by atoms with E-state index in [1.54, 1.807) is 48.5 Å². The third-order valence-electron chi connectivity index (χ3n) is 3.07. The van der Waals surface area contributed by atoms with Gasteiger partial charge >= 0.3 is 0 Å². The van der Waals surface area contributed by atoms with E-state index in [-0.39, 0.29) is 11.7 Å². The molecule has 0 saturated heterocycles. The van der Waals surface area contributed by atoms with Crippen LogP contribution in [-0.4, -0.2) is 36.3 Å². The highest BCUT2D eigenvalue weighted by molar-refractivity contribution is 6.40. The third kappa shape index (κ3) is 4.00. The normalized spacial score (nSPS) is 11.8. The second-order valence-electron chi connectivity index (χ2n) is 4.49. The first-order valence-corrected chi connectivity index (χ1v) is 6.97. The molecule has 24 heavy (non-hydrogen) atoms. The van der Waals surface area contributed by atoms with E-state index in [0.717, 1.165) is 0 Å². The molecule has 2 rings (SSSR count). The number of rotatable bonds is 4. The van der Waals surface area contributed by atoms with Crippen LogP contribution in [0.5, 0.6) is 11.5 Å². The Bertz CT molecular complexity index is 683. The first-order chi connectivity index (χ1) is 11.7. The average molecular weight is 330 g/mol. The van der Waals surface area contributed by atoms with Gasteiger partial charge in [0.15, 0.2) is 11.7 Å². The van der Waals surface area contributed by atoms with Crippen LogP contribution in [0.25, 0.3) is 0 Å². The zero-order valence-electron chi connectivity index (χ0n) is 13.2. The lowest BCUT2D eigenvalue weighted by Crippen LogP contribution is -2.37. The van der Waals surface area contributed by atoms with E-state index in [2.05, 4.69) is 9.98 Å². The lowest BCUT2D eigenvalue weighted by molar-refractivity contribution is 0.223. The Labute approximate surface area is 139 Å². The number of hydrogen-bond acceptors (Lipinski definition) is 6. The molecular weight excluding hydrogens is 312 g/mol. The molecule has 0 bridgehead atoms. The monoisotopic (exact) mass is 330 g/mol. The molecule has 0 fully saturated rings. The second-order valence-corrected chi connectivity index (χ2v) is 4.49. The summed E-state index contributed by atoms with van der Waals surface area (Å²) >= 11 is 0. The van der Waals surface area contributed by atoms with Crippen molar-refractivity contribution < 1.29 is 19.9 Å². The van der Waals surface area contributed by atoms with Crippen LogP contribution in [0.1, 0.15) is 0 Å². The molecule has 8 nitrogen and oxygen atoms in total. The Kier molecular flexibility index (Phi) is 6.12. The van der Waals surface area contributed by atoms with Crippen molar-refractivity contribution in [2.24, 2.45) is 9.98 Å². The van der Waals surface area contributed by atoms with Crippen molar-refractivity contribution >= 4 is 23.0 Å². The van der Waals surface area contributed by atoms with E-state index in [0.29, 0.717) is 22.9 Å². The van der Waals surface area contributed by atoms with Gasteiger partial charge in [-0.15, -0.1) is 0 Å². The largest absolute Gasteiger partial charge is 0.494 e. The predicted octanol–water partition coefficient (Wildman–Crippen LogP) is 2.42. The first kappa shape index (κ1) is 17.3. The molecule has 0 atom stereocenters. The summed E-state index contributed by atoms with van der Waals surface area (Å²) in [5.74, 6) is 0.792. The van der Waals surface area contributed by atoms with Crippen LogP contribution in [0.4, 0.5) is 11.4 Å². The highest BCUT2D eigenvalue weighted by Crippen LogP contribution is 2.28. The van der Waals surface area contributed by atoms with Gasteiger partial charge in [0.05, 0.1) is 14.2 Å². The van der Waals surface area contributed by atoms with E-state index in [4.69, 9.17) is 9.47 Å². The number of benzene rings is 2. The molecule has 0 aromatic heterocycles. The Balaban J connectivity index is 2.46. The Morgan fingerprint density at radius 2 is 1.12 bits per heavy atom. The van der Waals surface area contributed by atoms with Crippen LogP contribution >= 0.6 is 0 Å². The molecule has 2 aromatic rings. The number of nitrogens with zero attached hydrogens (tertiary/aromatic N) is 2. The summed E-state index contributed by atoms with van der Waals surface area (Å²) in [4.78, 5) is 8.41. The van der Waals surface area contributed by atoms with Gasteiger partial charge in [-0.3, -0.25) is 10.4 Å². The van der Waals surface area contributed by atoms with Crippen molar-refractivity contribution in [1.29, 1.82) is 0 Å². The number of ether oxygens (including phenoxy) is 2. The van der Waals surface area contributed by atoms with Gasteiger partial charge in [-0.2, -0.15) is 0 Å².